The Hall–Kier alpha value is -1.86. The summed E-state index contributed by atoms with van der Waals surface area (Å²) in [6.45, 7) is 7.87. The fourth-order valence-corrected chi connectivity index (χ4v) is 5.72. The predicted octanol–water partition coefficient (Wildman–Crippen LogP) is 3.90. The molecule has 0 saturated carbocycles. The molecular weight excluding hydrogens is 432 g/mol. The third kappa shape index (κ3) is 3.48. The maximum absolute atomic E-state index is 12.6. The molecule has 1 saturated heterocycles. The molecule has 2 aromatic rings. The molecule has 1 aromatic carbocycles. The quantitative estimate of drug-likeness (QED) is 0.679. The van der Waals surface area contributed by atoms with Crippen molar-refractivity contribution < 1.29 is 9.59 Å². The van der Waals surface area contributed by atoms with E-state index in [9.17, 15) is 9.59 Å². The van der Waals surface area contributed by atoms with Gasteiger partial charge in [-0.05, 0) is 79.9 Å². The summed E-state index contributed by atoms with van der Waals surface area (Å²) in [6.07, 6.45) is 1.85. The number of urea groups is 1. The monoisotopic (exact) mass is 460 g/mol. The number of carbonyl (C=O) groups excluding carboxylic acids is 2. The highest BCUT2D eigenvalue weighted by Crippen LogP contribution is 2.45. The highest BCUT2D eigenvalue weighted by atomic mass is 79.9. The third-order valence-electron chi connectivity index (χ3n) is 6.65. The first kappa shape index (κ1) is 20.4. The van der Waals surface area contributed by atoms with E-state index in [1.54, 1.807) is 6.92 Å². The van der Waals surface area contributed by atoms with Gasteiger partial charge in [-0.25, -0.2) is 4.79 Å². The van der Waals surface area contributed by atoms with Crippen LogP contribution in [0.1, 0.15) is 54.6 Å². The van der Waals surface area contributed by atoms with E-state index in [1.807, 2.05) is 24.8 Å². The Morgan fingerprint density at radius 3 is 2.69 bits per heavy atom. The normalized spacial score (nSPS) is 23.7. The van der Waals surface area contributed by atoms with E-state index < -0.39 is 0 Å². The highest BCUT2D eigenvalue weighted by molar-refractivity contribution is 9.10. The molecule has 2 N–H and O–H groups in total. The number of likely N-dealkylation sites (tertiary alicyclic amines) is 1. The van der Waals surface area contributed by atoms with E-state index in [4.69, 9.17) is 0 Å². The number of hydrogen-bond acceptors (Lipinski definition) is 3. The summed E-state index contributed by atoms with van der Waals surface area (Å²) in [5, 5.41) is 4.49. The Morgan fingerprint density at radius 1 is 1.31 bits per heavy atom. The highest BCUT2D eigenvalue weighted by Gasteiger charge is 2.41. The van der Waals surface area contributed by atoms with Gasteiger partial charge in [0.15, 0.2) is 5.78 Å². The minimum atomic E-state index is 0.00960. The van der Waals surface area contributed by atoms with Crippen LogP contribution in [0.4, 0.5) is 4.79 Å². The van der Waals surface area contributed by atoms with Crippen molar-refractivity contribution in [3.05, 3.63) is 33.4 Å². The second kappa shape index (κ2) is 7.76. The van der Waals surface area contributed by atoms with Crippen LogP contribution in [-0.2, 0) is 6.42 Å². The molecule has 1 aliphatic carbocycles. The van der Waals surface area contributed by atoms with Gasteiger partial charge < -0.3 is 20.1 Å². The van der Waals surface area contributed by atoms with Crippen molar-refractivity contribution in [1.29, 1.82) is 0 Å². The third-order valence-corrected chi connectivity index (χ3v) is 7.33. The maximum atomic E-state index is 12.6. The number of benzene rings is 1. The van der Waals surface area contributed by atoms with E-state index >= 15 is 0 Å². The van der Waals surface area contributed by atoms with E-state index in [2.05, 4.69) is 44.2 Å². The fraction of sp³-hybridized carbons (Fsp3) is 0.545. The Kier molecular flexibility index (Phi) is 5.46. The summed E-state index contributed by atoms with van der Waals surface area (Å²) in [6, 6.07) is 4.50. The minimum Gasteiger partial charge on any atom is -0.349 e. The molecule has 29 heavy (non-hydrogen) atoms. The lowest BCUT2D eigenvalue weighted by molar-refractivity contribution is 0.101. The number of likely N-dealkylation sites (N-methyl/N-ethyl adjacent to an activating group) is 1. The van der Waals surface area contributed by atoms with Crippen LogP contribution >= 0.6 is 15.9 Å². The lowest BCUT2D eigenvalue weighted by Gasteiger charge is -2.46. The first-order valence-corrected chi connectivity index (χ1v) is 11.2. The number of nitrogens with one attached hydrogen (secondary N) is 2. The number of aromatic nitrogens is 1. The average Bonchev–Trinajstić information content (AvgIpc) is 2.99. The number of carbonyl (C=O) groups is 2. The van der Waals surface area contributed by atoms with E-state index in [1.165, 1.54) is 16.5 Å². The number of piperidine rings is 1. The topological polar surface area (TPSA) is 68.4 Å². The molecule has 2 amide bonds. The molecule has 2 aliphatic rings. The maximum Gasteiger partial charge on any atom is 0.317 e. The number of aromatic amines is 1. The molecule has 0 spiro atoms. The predicted molar refractivity (Wildman–Crippen MR) is 119 cm³/mol. The van der Waals surface area contributed by atoms with Crippen LogP contribution in [0.25, 0.3) is 10.9 Å². The van der Waals surface area contributed by atoms with Gasteiger partial charge in [0.2, 0.25) is 0 Å². The number of Topliss-reactive ketones (excluding diaryl/α,β-unsaturated/α-hetero) is 1. The van der Waals surface area contributed by atoms with Crippen molar-refractivity contribution in [2.45, 2.75) is 51.6 Å². The van der Waals surface area contributed by atoms with Crippen molar-refractivity contribution in [2.75, 3.05) is 26.7 Å². The molecule has 1 aliphatic heterocycles. The number of H-pyrrole nitrogens is 1. The second-order valence-electron chi connectivity index (χ2n) is 8.33. The van der Waals surface area contributed by atoms with Gasteiger partial charge in [0.05, 0.1) is 4.60 Å². The summed E-state index contributed by atoms with van der Waals surface area (Å²) in [5.41, 5.74) is 4.29. The largest absolute Gasteiger partial charge is 0.349 e. The number of rotatable bonds is 4. The van der Waals surface area contributed by atoms with Gasteiger partial charge in [-0.2, -0.15) is 0 Å². The van der Waals surface area contributed by atoms with Crippen LogP contribution in [0.2, 0.25) is 0 Å². The van der Waals surface area contributed by atoms with Crippen molar-refractivity contribution in [2.24, 2.45) is 0 Å². The van der Waals surface area contributed by atoms with Gasteiger partial charge in [-0.3, -0.25) is 4.79 Å². The Balaban J connectivity index is 1.71. The lowest BCUT2D eigenvalue weighted by Crippen LogP contribution is -2.56. The standard InChI is InChI=1S/C22H29BrN4O2/c1-5-27(6-2)22(29)24-14-9-15-16-7-13(12(3)28)8-18-20(16)17(21(23)25-18)10-19(15)26(4)11-14/h7-8,14-15,19,25H,5-6,9-11H2,1-4H3,(H,24,29)/t14-,15?,19+/m0/s1. The lowest BCUT2D eigenvalue weighted by atomic mass is 9.73. The zero-order chi connectivity index (χ0) is 20.9. The molecule has 1 fully saturated rings. The van der Waals surface area contributed by atoms with Crippen LogP contribution in [0.5, 0.6) is 0 Å². The van der Waals surface area contributed by atoms with E-state index in [0.717, 1.165) is 35.1 Å². The Labute approximate surface area is 180 Å². The fourth-order valence-electron chi connectivity index (χ4n) is 5.14. The van der Waals surface area contributed by atoms with Crippen LogP contribution in [-0.4, -0.2) is 65.4 Å². The number of fused-ring (bicyclic) bond motifs is 2. The average molecular weight is 461 g/mol. The molecule has 4 rings (SSSR count). The van der Waals surface area contributed by atoms with Crippen LogP contribution in [0.3, 0.4) is 0 Å². The summed E-state index contributed by atoms with van der Waals surface area (Å²) >= 11 is 3.69. The van der Waals surface area contributed by atoms with Gasteiger partial charge in [0.1, 0.15) is 0 Å². The number of hydrogen-bond donors (Lipinski definition) is 2. The zero-order valence-electron chi connectivity index (χ0n) is 17.5. The molecule has 1 unspecified atom stereocenters. The van der Waals surface area contributed by atoms with Crippen molar-refractivity contribution in [1.82, 2.24) is 20.1 Å². The number of amides is 2. The van der Waals surface area contributed by atoms with Gasteiger partial charge in [0.25, 0.3) is 0 Å². The van der Waals surface area contributed by atoms with Gasteiger partial charge in [-0.1, -0.05) is 0 Å². The molecule has 7 heteroatoms. The first-order chi connectivity index (χ1) is 13.8. The minimum absolute atomic E-state index is 0.00960. The number of halogens is 1. The zero-order valence-corrected chi connectivity index (χ0v) is 19.1. The van der Waals surface area contributed by atoms with Crippen LogP contribution in [0.15, 0.2) is 16.7 Å². The SMILES string of the molecule is CCN(CC)C(=O)N[C@H]1CC2c3cc(C(C)=O)cc4[nH]c(Br)c(c34)C[C@H]2N(C)C1. The Bertz CT molecular complexity index is 965. The summed E-state index contributed by atoms with van der Waals surface area (Å²) in [7, 11) is 2.14. The van der Waals surface area contributed by atoms with E-state index in [-0.39, 0.29) is 23.8 Å². The van der Waals surface area contributed by atoms with Gasteiger partial charge in [-0.15, -0.1) is 0 Å². The van der Waals surface area contributed by atoms with Crippen molar-refractivity contribution >= 4 is 38.6 Å². The summed E-state index contributed by atoms with van der Waals surface area (Å²) < 4.78 is 1.01. The summed E-state index contributed by atoms with van der Waals surface area (Å²) in [4.78, 5) is 32.4. The smallest absolute Gasteiger partial charge is 0.317 e. The molecule has 156 valence electrons. The second-order valence-corrected chi connectivity index (χ2v) is 9.13. The van der Waals surface area contributed by atoms with Crippen molar-refractivity contribution in [3.8, 4) is 0 Å². The molecule has 0 bridgehead atoms. The number of ketones is 1. The Morgan fingerprint density at radius 2 is 2.03 bits per heavy atom. The molecule has 3 atom stereocenters. The molecule has 6 nitrogen and oxygen atoms in total. The molecular formula is C22H29BrN4O2. The van der Waals surface area contributed by atoms with Crippen LogP contribution < -0.4 is 5.32 Å². The van der Waals surface area contributed by atoms with Gasteiger partial charge in [0, 0.05) is 54.1 Å². The first-order valence-electron chi connectivity index (χ1n) is 10.4. The van der Waals surface area contributed by atoms with E-state index in [0.29, 0.717) is 19.1 Å². The number of nitrogens with zero attached hydrogens (tertiary/aromatic N) is 2. The molecule has 2 heterocycles. The van der Waals surface area contributed by atoms with Gasteiger partial charge >= 0.3 is 6.03 Å². The summed E-state index contributed by atoms with van der Waals surface area (Å²) in [5.74, 6) is 0.362. The molecule has 1 aromatic heterocycles. The van der Waals surface area contributed by atoms with Crippen molar-refractivity contribution in [3.63, 3.8) is 0 Å². The molecule has 0 radical (unpaired) electrons. The van der Waals surface area contributed by atoms with Crippen LogP contribution in [0, 0.1) is 0 Å².